The topological polar surface area (TPSA) is 55.6 Å². The molecule has 0 fully saturated rings. The van der Waals surface area contributed by atoms with Gasteiger partial charge >= 0.3 is 0 Å². The molecule has 5 nitrogen and oxygen atoms in total. The van der Waals surface area contributed by atoms with Crippen LogP contribution in [0.25, 0.3) is 0 Å². The highest BCUT2D eigenvalue weighted by Gasteiger charge is 2.08. The van der Waals surface area contributed by atoms with Gasteiger partial charge in [0.15, 0.2) is 5.16 Å². The normalized spacial score (nSPS) is 12.6. The molecule has 1 N–H and O–H groups in total. The van der Waals surface area contributed by atoms with Gasteiger partial charge in [-0.05, 0) is 42.9 Å². The maximum Gasteiger partial charge on any atom is 0.197 e. The summed E-state index contributed by atoms with van der Waals surface area (Å²) in [7, 11) is 1.92. The minimum atomic E-state index is 0.330. The quantitative estimate of drug-likeness (QED) is 0.894. The molecular weight excluding hydrogens is 246 g/mol. The van der Waals surface area contributed by atoms with Gasteiger partial charge in [0.05, 0.1) is 0 Å². The summed E-state index contributed by atoms with van der Waals surface area (Å²) in [6, 6.07) is 4.46. The SMILES string of the molecule is CCNC(C)c1ccnc(Sc2nncn2C)c1. The van der Waals surface area contributed by atoms with Crippen LogP contribution in [-0.2, 0) is 7.05 Å². The molecule has 0 aliphatic rings. The van der Waals surface area contributed by atoms with Crippen molar-refractivity contribution >= 4 is 11.8 Å². The standard InChI is InChI=1S/C12H17N5S/c1-4-13-9(2)10-5-6-14-11(7-10)18-12-16-15-8-17(12)3/h5-9,13H,4H2,1-3H3. The van der Waals surface area contributed by atoms with E-state index in [1.165, 1.54) is 17.3 Å². The first kappa shape index (κ1) is 13.0. The second-order valence-electron chi connectivity index (χ2n) is 4.03. The van der Waals surface area contributed by atoms with Crippen LogP contribution in [0.4, 0.5) is 0 Å². The molecule has 2 aromatic rings. The van der Waals surface area contributed by atoms with Crippen molar-refractivity contribution in [2.75, 3.05) is 6.54 Å². The van der Waals surface area contributed by atoms with Gasteiger partial charge in [-0.1, -0.05) is 6.92 Å². The second-order valence-corrected chi connectivity index (χ2v) is 5.02. The third kappa shape index (κ3) is 3.08. The number of hydrogen-bond donors (Lipinski definition) is 1. The van der Waals surface area contributed by atoms with Crippen LogP contribution in [-0.4, -0.2) is 26.3 Å². The number of nitrogens with zero attached hydrogens (tertiary/aromatic N) is 4. The molecule has 96 valence electrons. The Balaban J connectivity index is 2.15. The maximum atomic E-state index is 4.35. The zero-order valence-electron chi connectivity index (χ0n) is 10.8. The average molecular weight is 263 g/mol. The van der Waals surface area contributed by atoms with Gasteiger partial charge in [-0.3, -0.25) is 0 Å². The van der Waals surface area contributed by atoms with Crippen LogP contribution < -0.4 is 5.32 Å². The van der Waals surface area contributed by atoms with E-state index < -0.39 is 0 Å². The fourth-order valence-electron chi connectivity index (χ4n) is 1.63. The zero-order chi connectivity index (χ0) is 13.0. The molecule has 2 aromatic heterocycles. The summed E-state index contributed by atoms with van der Waals surface area (Å²) in [5.74, 6) is 0. The van der Waals surface area contributed by atoms with Gasteiger partial charge in [-0.2, -0.15) is 0 Å². The first-order valence-corrected chi connectivity index (χ1v) is 6.73. The molecule has 0 aromatic carbocycles. The Kier molecular flexibility index (Phi) is 4.33. The summed E-state index contributed by atoms with van der Waals surface area (Å²) in [6.45, 7) is 5.21. The van der Waals surface area contributed by atoms with Gasteiger partial charge in [0.25, 0.3) is 0 Å². The van der Waals surface area contributed by atoms with Crippen LogP contribution in [0, 0.1) is 0 Å². The largest absolute Gasteiger partial charge is 0.311 e. The lowest BCUT2D eigenvalue weighted by molar-refractivity contribution is 0.596. The Morgan fingerprint density at radius 2 is 2.33 bits per heavy atom. The van der Waals surface area contributed by atoms with Crippen LogP contribution >= 0.6 is 11.8 Å². The van der Waals surface area contributed by atoms with E-state index in [9.17, 15) is 0 Å². The molecule has 2 rings (SSSR count). The van der Waals surface area contributed by atoms with Crippen molar-refractivity contribution in [3.8, 4) is 0 Å². The Bertz CT molecular complexity index is 511. The lowest BCUT2D eigenvalue weighted by Crippen LogP contribution is -2.17. The van der Waals surface area contributed by atoms with E-state index in [2.05, 4.69) is 40.4 Å². The molecule has 0 radical (unpaired) electrons. The predicted octanol–water partition coefficient (Wildman–Crippen LogP) is 2.03. The average Bonchev–Trinajstić information content (AvgIpc) is 2.76. The molecule has 18 heavy (non-hydrogen) atoms. The zero-order valence-corrected chi connectivity index (χ0v) is 11.6. The monoisotopic (exact) mass is 263 g/mol. The Labute approximate surface area is 111 Å². The molecule has 0 saturated carbocycles. The number of aryl methyl sites for hydroxylation is 1. The number of rotatable bonds is 5. The second kappa shape index (κ2) is 5.97. The van der Waals surface area contributed by atoms with E-state index >= 15 is 0 Å². The predicted molar refractivity (Wildman–Crippen MR) is 71.5 cm³/mol. The summed E-state index contributed by atoms with van der Waals surface area (Å²) >= 11 is 1.52. The molecular formula is C12H17N5S. The highest BCUT2D eigenvalue weighted by atomic mass is 32.2. The van der Waals surface area contributed by atoms with Gasteiger partial charge in [-0.25, -0.2) is 4.98 Å². The summed E-state index contributed by atoms with van der Waals surface area (Å²) in [5, 5.41) is 13.1. The molecule has 0 aliphatic heterocycles. The highest BCUT2D eigenvalue weighted by Crippen LogP contribution is 2.25. The van der Waals surface area contributed by atoms with Crippen LogP contribution in [0.3, 0.4) is 0 Å². The molecule has 1 atom stereocenters. The molecule has 0 bridgehead atoms. The fourth-order valence-corrected chi connectivity index (χ4v) is 2.41. The minimum absolute atomic E-state index is 0.330. The molecule has 0 saturated heterocycles. The summed E-state index contributed by atoms with van der Waals surface area (Å²) < 4.78 is 1.88. The summed E-state index contributed by atoms with van der Waals surface area (Å²) in [4.78, 5) is 4.35. The number of aromatic nitrogens is 4. The van der Waals surface area contributed by atoms with Crippen molar-refractivity contribution in [3.05, 3.63) is 30.2 Å². The number of pyridine rings is 1. The first-order chi connectivity index (χ1) is 8.70. The van der Waals surface area contributed by atoms with Crippen LogP contribution in [0.1, 0.15) is 25.5 Å². The van der Waals surface area contributed by atoms with Crippen molar-refractivity contribution in [2.24, 2.45) is 7.05 Å². The Morgan fingerprint density at radius 3 is 3.00 bits per heavy atom. The lowest BCUT2D eigenvalue weighted by atomic mass is 10.1. The third-order valence-electron chi connectivity index (χ3n) is 2.63. The first-order valence-electron chi connectivity index (χ1n) is 5.92. The van der Waals surface area contributed by atoms with E-state index in [1.807, 2.05) is 23.9 Å². The van der Waals surface area contributed by atoms with Gasteiger partial charge in [-0.15, -0.1) is 10.2 Å². The number of hydrogen-bond acceptors (Lipinski definition) is 5. The van der Waals surface area contributed by atoms with Crippen molar-refractivity contribution < 1.29 is 0 Å². The van der Waals surface area contributed by atoms with Crippen molar-refractivity contribution in [2.45, 2.75) is 30.1 Å². The van der Waals surface area contributed by atoms with Crippen molar-refractivity contribution in [1.82, 2.24) is 25.1 Å². The summed E-state index contributed by atoms with van der Waals surface area (Å²) in [5.41, 5.74) is 1.23. The van der Waals surface area contributed by atoms with Crippen molar-refractivity contribution in [1.29, 1.82) is 0 Å². The van der Waals surface area contributed by atoms with E-state index in [4.69, 9.17) is 0 Å². The van der Waals surface area contributed by atoms with Crippen LogP contribution in [0.15, 0.2) is 34.8 Å². The van der Waals surface area contributed by atoms with Gasteiger partial charge in [0.1, 0.15) is 11.4 Å². The van der Waals surface area contributed by atoms with E-state index in [1.54, 1.807) is 6.33 Å². The molecule has 1 unspecified atom stereocenters. The molecule has 0 spiro atoms. The van der Waals surface area contributed by atoms with Crippen molar-refractivity contribution in [3.63, 3.8) is 0 Å². The van der Waals surface area contributed by atoms with Crippen LogP contribution in [0.5, 0.6) is 0 Å². The molecule has 2 heterocycles. The number of nitrogens with one attached hydrogen (secondary N) is 1. The smallest absolute Gasteiger partial charge is 0.197 e. The Hall–Kier alpha value is -1.40. The van der Waals surface area contributed by atoms with E-state index in [0.29, 0.717) is 6.04 Å². The minimum Gasteiger partial charge on any atom is -0.311 e. The van der Waals surface area contributed by atoms with Gasteiger partial charge in [0.2, 0.25) is 0 Å². The fraction of sp³-hybridized carbons (Fsp3) is 0.417. The molecule has 6 heteroatoms. The molecule has 0 amide bonds. The highest BCUT2D eigenvalue weighted by molar-refractivity contribution is 7.99. The van der Waals surface area contributed by atoms with Gasteiger partial charge < -0.3 is 9.88 Å². The Morgan fingerprint density at radius 1 is 1.50 bits per heavy atom. The summed E-state index contributed by atoms with van der Waals surface area (Å²) in [6.07, 6.45) is 3.52. The third-order valence-corrected chi connectivity index (χ3v) is 3.62. The lowest BCUT2D eigenvalue weighted by Gasteiger charge is -2.13. The van der Waals surface area contributed by atoms with Crippen LogP contribution in [0.2, 0.25) is 0 Å². The van der Waals surface area contributed by atoms with Gasteiger partial charge in [0, 0.05) is 19.3 Å². The van der Waals surface area contributed by atoms with E-state index in [0.717, 1.165) is 16.7 Å². The van der Waals surface area contributed by atoms with E-state index in [-0.39, 0.29) is 0 Å². The molecule has 0 aliphatic carbocycles. The maximum absolute atomic E-state index is 4.35.